The van der Waals surface area contributed by atoms with Crippen molar-refractivity contribution in [3.63, 3.8) is 0 Å². The molecular weight excluding hydrogens is 400 g/mol. The van der Waals surface area contributed by atoms with E-state index in [4.69, 9.17) is 14.5 Å². The Bertz CT molecular complexity index is 978. The van der Waals surface area contributed by atoms with E-state index in [-0.39, 0.29) is 5.91 Å². The second-order valence-electron chi connectivity index (χ2n) is 6.97. The largest absolute Gasteiger partial charge is 0.496 e. The number of aromatic nitrogens is 2. The minimum Gasteiger partial charge on any atom is -0.496 e. The summed E-state index contributed by atoms with van der Waals surface area (Å²) in [5.41, 5.74) is 1.67. The number of anilines is 1. The maximum atomic E-state index is 13.1. The van der Waals surface area contributed by atoms with Crippen molar-refractivity contribution in [3.05, 3.63) is 65.5 Å². The number of benzene rings is 2. The van der Waals surface area contributed by atoms with Crippen LogP contribution < -0.4 is 14.4 Å². The van der Waals surface area contributed by atoms with Crippen molar-refractivity contribution >= 4 is 22.6 Å². The first-order valence-corrected chi connectivity index (χ1v) is 10.6. The number of hydrogen-bond acceptors (Lipinski definition) is 7. The number of hydrogen-bond donors (Lipinski definition) is 0. The fourth-order valence-electron chi connectivity index (χ4n) is 3.54. The molecule has 1 saturated heterocycles. The average Bonchev–Trinajstić information content (AvgIpc) is 3.27. The molecule has 2 heterocycles. The van der Waals surface area contributed by atoms with Gasteiger partial charge in [-0.15, -0.1) is 0 Å². The summed E-state index contributed by atoms with van der Waals surface area (Å²) in [4.78, 5) is 21.9. The van der Waals surface area contributed by atoms with Crippen molar-refractivity contribution in [1.29, 1.82) is 0 Å². The van der Waals surface area contributed by atoms with Crippen LogP contribution in [0.2, 0.25) is 0 Å². The van der Waals surface area contributed by atoms with E-state index in [0.717, 1.165) is 17.4 Å². The highest BCUT2D eigenvalue weighted by atomic mass is 32.1. The van der Waals surface area contributed by atoms with Gasteiger partial charge in [-0.3, -0.25) is 4.79 Å². The molecule has 30 heavy (non-hydrogen) atoms. The molecule has 0 aliphatic carbocycles. The lowest BCUT2D eigenvalue weighted by Gasteiger charge is -2.34. The van der Waals surface area contributed by atoms with Gasteiger partial charge in [-0.1, -0.05) is 36.4 Å². The summed E-state index contributed by atoms with van der Waals surface area (Å²) in [7, 11) is 3.12. The summed E-state index contributed by atoms with van der Waals surface area (Å²) in [6.45, 7) is 2.63. The summed E-state index contributed by atoms with van der Waals surface area (Å²) in [5, 5.41) is 0.905. The Morgan fingerprint density at radius 2 is 1.63 bits per heavy atom. The standard InChI is InChI=1S/C22H24N4O3S/c1-28-17-9-6-10-18(29-2)20(17)21(27)25-11-13-26(14-12-25)22-23-19(24-30-22)15-16-7-4-3-5-8-16/h3-10H,11-15H2,1-2H3. The van der Waals surface area contributed by atoms with Gasteiger partial charge in [-0.2, -0.15) is 4.37 Å². The molecule has 7 nitrogen and oxygen atoms in total. The van der Waals surface area contributed by atoms with Crippen molar-refractivity contribution in [3.8, 4) is 11.5 Å². The molecule has 8 heteroatoms. The zero-order chi connectivity index (χ0) is 20.9. The van der Waals surface area contributed by atoms with Gasteiger partial charge < -0.3 is 19.3 Å². The number of ether oxygens (including phenoxy) is 2. The van der Waals surface area contributed by atoms with Crippen molar-refractivity contribution < 1.29 is 14.3 Å². The lowest BCUT2D eigenvalue weighted by atomic mass is 10.1. The molecule has 0 spiro atoms. The summed E-state index contributed by atoms with van der Waals surface area (Å²) in [6, 6.07) is 15.6. The van der Waals surface area contributed by atoms with Crippen LogP contribution in [0.15, 0.2) is 48.5 Å². The molecule has 1 aromatic heterocycles. The van der Waals surface area contributed by atoms with Crippen molar-refractivity contribution in [2.75, 3.05) is 45.3 Å². The number of amides is 1. The van der Waals surface area contributed by atoms with Crippen LogP contribution >= 0.6 is 11.5 Å². The highest BCUT2D eigenvalue weighted by Gasteiger charge is 2.28. The predicted molar refractivity (Wildman–Crippen MR) is 117 cm³/mol. The van der Waals surface area contributed by atoms with Gasteiger partial charge in [0.2, 0.25) is 5.13 Å². The van der Waals surface area contributed by atoms with Gasteiger partial charge >= 0.3 is 0 Å². The zero-order valence-electron chi connectivity index (χ0n) is 17.1. The maximum absolute atomic E-state index is 13.1. The molecule has 2 aromatic carbocycles. The Hall–Kier alpha value is -3.13. The van der Waals surface area contributed by atoms with Gasteiger partial charge in [-0.05, 0) is 17.7 Å². The van der Waals surface area contributed by atoms with Gasteiger partial charge in [0.15, 0.2) is 0 Å². The minimum atomic E-state index is -0.0778. The SMILES string of the molecule is COc1cccc(OC)c1C(=O)N1CCN(c2nc(Cc3ccccc3)ns2)CC1. The van der Waals surface area contributed by atoms with E-state index < -0.39 is 0 Å². The number of carbonyl (C=O) groups excluding carboxylic acids is 1. The zero-order valence-corrected chi connectivity index (χ0v) is 17.9. The summed E-state index contributed by atoms with van der Waals surface area (Å²) in [5.74, 6) is 1.80. The topological polar surface area (TPSA) is 67.8 Å². The third kappa shape index (κ3) is 4.23. The highest BCUT2D eigenvalue weighted by molar-refractivity contribution is 7.09. The van der Waals surface area contributed by atoms with Crippen LogP contribution in [-0.2, 0) is 6.42 Å². The normalized spacial score (nSPS) is 13.9. The van der Waals surface area contributed by atoms with Crippen molar-refractivity contribution in [2.45, 2.75) is 6.42 Å². The smallest absolute Gasteiger partial charge is 0.261 e. The van der Waals surface area contributed by atoms with E-state index in [2.05, 4.69) is 21.4 Å². The van der Waals surface area contributed by atoms with E-state index >= 15 is 0 Å². The maximum Gasteiger partial charge on any atom is 0.261 e. The van der Waals surface area contributed by atoms with Gasteiger partial charge in [0, 0.05) is 44.1 Å². The van der Waals surface area contributed by atoms with Crippen LogP contribution in [0.4, 0.5) is 5.13 Å². The highest BCUT2D eigenvalue weighted by Crippen LogP contribution is 2.30. The molecular formula is C22H24N4O3S. The quantitative estimate of drug-likeness (QED) is 0.606. The molecule has 0 N–H and O–H groups in total. The van der Waals surface area contributed by atoms with E-state index in [1.54, 1.807) is 26.4 Å². The van der Waals surface area contributed by atoms with Crippen LogP contribution in [-0.4, -0.2) is 60.6 Å². The molecule has 0 saturated carbocycles. The third-order valence-electron chi connectivity index (χ3n) is 5.14. The predicted octanol–water partition coefficient (Wildman–Crippen LogP) is 3.11. The number of methoxy groups -OCH3 is 2. The van der Waals surface area contributed by atoms with Crippen LogP contribution in [0, 0.1) is 0 Å². The molecule has 0 bridgehead atoms. The Kier molecular flexibility index (Phi) is 6.13. The van der Waals surface area contributed by atoms with Gasteiger partial charge in [0.1, 0.15) is 22.9 Å². The molecule has 1 fully saturated rings. The monoisotopic (exact) mass is 424 g/mol. The summed E-state index contributed by atoms with van der Waals surface area (Å²) in [6.07, 6.45) is 0.726. The molecule has 1 aliphatic heterocycles. The van der Waals surface area contributed by atoms with Crippen LogP contribution in [0.25, 0.3) is 0 Å². The minimum absolute atomic E-state index is 0.0778. The second kappa shape index (κ2) is 9.13. The van der Waals surface area contributed by atoms with Crippen molar-refractivity contribution in [2.24, 2.45) is 0 Å². The molecule has 1 amide bonds. The lowest BCUT2D eigenvalue weighted by molar-refractivity contribution is 0.0739. The molecule has 4 rings (SSSR count). The van der Waals surface area contributed by atoms with E-state index in [0.29, 0.717) is 43.2 Å². The number of rotatable bonds is 6. The summed E-state index contributed by atoms with van der Waals surface area (Å²) >= 11 is 1.41. The Labute approximate surface area is 180 Å². The average molecular weight is 425 g/mol. The Morgan fingerprint density at radius 1 is 0.967 bits per heavy atom. The first-order chi connectivity index (χ1) is 14.7. The van der Waals surface area contributed by atoms with Crippen LogP contribution in [0.5, 0.6) is 11.5 Å². The fourth-order valence-corrected chi connectivity index (χ4v) is 4.28. The molecule has 0 radical (unpaired) electrons. The van der Waals surface area contributed by atoms with E-state index in [9.17, 15) is 4.79 Å². The van der Waals surface area contributed by atoms with Crippen LogP contribution in [0.3, 0.4) is 0 Å². The van der Waals surface area contributed by atoms with Crippen molar-refractivity contribution in [1.82, 2.24) is 14.3 Å². The van der Waals surface area contributed by atoms with Gasteiger partial charge in [-0.25, -0.2) is 4.98 Å². The van der Waals surface area contributed by atoms with Gasteiger partial charge in [0.25, 0.3) is 5.91 Å². The fraction of sp³-hybridized carbons (Fsp3) is 0.318. The molecule has 0 atom stereocenters. The van der Waals surface area contributed by atoms with E-state index in [1.165, 1.54) is 17.1 Å². The van der Waals surface area contributed by atoms with Gasteiger partial charge in [0.05, 0.1) is 14.2 Å². The Balaban J connectivity index is 1.41. The second-order valence-corrected chi connectivity index (χ2v) is 7.70. The first kappa shape index (κ1) is 20.2. The molecule has 1 aliphatic rings. The first-order valence-electron chi connectivity index (χ1n) is 9.81. The summed E-state index contributed by atoms with van der Waals surface area (Å²) < 4.78 is 15.3. The number of nitrogens with zero attached hydrogens (tertiary/aromatic N) is 4. The lowest BCUT2D eigenvalue weighted by Crippen LogP contribution is -2.48. The molecule has 3 aromatic rings. The molecule has 0 unspecified atom stereocenters. The number of carbonyl (C=O) groups is 1. The van der Waals surface area contributed by atoms with Crippen LogP contribution in [0.1, 0.15) is 21.7 Å². The third-order valence-corrected chi connectivity index (χ3v) is 5.96. The molecule has 156 valence electrons. The van der Waals surface area contributed by atoms with E-state index in [1.807, 2.05) is 29.2 Å². The Morgan fingerprint density at radius 3 is 2.27 bits per heavy atom. The number of piperazine rings is 1.